The summed E-state index contributed by atoms with van der Waals surface area (Å²) >= 11 is 0. The highest BCUT2D eigenvalue weighted by molar-refractivity contribution is 6.04. The summed E-state index contributed by atoms with van der Waals surface area (Å²) in [4.78, 5) is 18.1. The van der Waals surface area contributed by atoms with Crippen molar-refractivity contribution in [2.24, 2.45) is 5.92 Å². The van der Waals surface area contributed by atoms with Crippen LogP contribution in [0, 0.1) is 5.92 Å². The number of methoxy groups -OCH3 is 1. The van der Waals surface area contributed by atoms with Crippen LogP contribution in [0.4, 0.5) is 5.69 Å². The predicted molar refractivity (Wildman–Crippen MR) is 128 cm³/mol. The van der Waals surface area contributed by atoms with E-state index < -0.39 is 0 Å². The summed E-state index contributed by atoms with van der Waals surface area (Å²) in [5.74, 6) is 2.28. The van der Waals surface area contributed by atoms with Gasteiger partial charge >= 0.3 is 0 Å². The minimum Gasteiger partial charge on any atom is -0.497 e. The Morgan fingerprint density at radius 2 is 2.03 bits per heavy atom. The van der Waals surface area contributed by atoms with Crippen molar-refractivity contribution in [3.8, 4) is 5.75 Å². The largest absolute Gasteiger partial charge is 0.497 e. The third kappa shape index (κ3) is 4.72. The van der Waals surface area contributed by atoms with E-state index in [0.29, 0.717) is 23.0 Å². The number of amides is 1. The topological polar surface area (TPSA) is 75.0 Å². The predicted octanol–water partition coefficient (Wildman–Crippen LogP) is 3.47. The number of anilines is 1. The van der Waals surface area contributed by atoms with Crippen LogP contribution in [-0.4, -0.2) is 69.6 Å². The van der Waals surface area contributed by atoms with Crippen LogP contribution >= 0.6 is 0 Å². The highest BCUT2D eigenvalue weighted by atomic mass is 16.5. The molecule has 1 aliphatic heterocycles. The van der Waals surface area contributed by atoms with Gasteiger partial charge in [-0.25, -0.2) is 0 Å². The molecule has 3 aromatic rings. The van der Waals surface area contributed by atoms with Crippen molar-refractivity contribution < 1.29 is 9.53 Å². The van der Waals surface area contributed by atoms with Crippen molar-refractivity contribution in [2.75, 3.05) is 38.6 Å². The normalized spacial score (nSPS) is 19.8. The van der Waals surface area contributed by atoms with Gasteiger partial charge in [0, 0.05) is 50.2 Å². The zero-order valence-electron chi connectivity index (χ0n) is 19.6. The Bertz CT molecular complexity index is 1140. The second-order valence-electron chi connectivity index (χ2n) is 9.44. The van der Waals surface area contributed by atoms with E-state index >= 15 is 0 Å². The Morgan fingerprint density at radius 1 is 1.18 bits per heavy atom. The van der Waals surface area contributed by atoms with Gasteiger partial charge in [-0.05, 0) is 56.9 Å². The molecule has 1 saturated carbocycles. The Kier molecular flexibility index (Phi) is 6.03. The van der Waals surface area contributed by atoms with Crippen molar-refractivity contribution in [1.29, 1.82) is 0 Å². The molecule has 0 radical (unpaired) electrons. The van der Waals surface area contributed by atoms with Crippen LogP contribution < -0.4 is 10.1 Å². The first-order chi connectivity index (χ1) is 16.0. The second-order valence-corrected chi connectivity index (χ2v) is 9.44. The molecular weight excluding hydrogens is 416 g/mol. The highest BCUT2D eigenvalue weighted by Crippen LogP contribution is 2.33. The lowest BCUT2D eigenvalue weighted by atomic mass is 10.1. The van der Waals surface area contributed by atoms with Gasteiger partial charge in [0.05, 0.1) is 18.7 Å². The van der Waals surface area contributed by atoms with Crippen LogP contribution in [0.15, 0.2) is 42.6 Å². The minimum atomic E-state index is -0.176. The molecule has 2 aromatic heterocycles. The summed E-state index contributed by atoms with van der Waals surface area (Å²) in [7, 11) is 1.61. The van der Waals surface area contributed by atoms with Crippen molar-refractivity contribution in [3.63, 3.8) is 0 Å². The number of carbonyl (C=O) groups is 1. The summed E-state index contributed by atoms with van der Waals surface area (Å²) in [6, 6.07) is 11.6. The number of hydrogen-bond acceptors (Lipinski definition) is 6. The van der Waals surface area contributed by atoms with Crippen molar-refractivity contribution in [1.82, 2.24) is 24.4 Å². The van der Waals surface area contributed by atoms with Gasteiger partial charge in [0.1, 0.15) is 5.75 Å². The average Bonchev–Trinajstić information content (AvgIpc) is 3.53. The van der Waals surface area contributed by atoms with E-state index in [1.54, 1.807) is 19.2 Å². The average molecular weight is 449 g/mol. The van der Waals surface area contributed by atoms with Crippen LogP contribution in [-0.2, 0) is 0 Å². The Hall–Kier alpha value is -2.97. The van der Waals surface area contributed by atoms with Gasteiger partial charge < -0.3 is 10.1 Å². The fourth-order valence-electron chi connectivity index (χ4n) is 4.71. The van der Waals surface area contributed by atoms with Crippen molar-refractivity contribution in [3.05, 3.63) is 54.0 Å². The van der Waals surface area contributed by atoms with Gasteiger partial charge in [0.2, 0.25) is 0 Å². The van der Waals surface area contributed by atoms with Gasteiger partial charge in [-0.3, -0.25) is 19.0 Å². The molecule has 1 aliphatic carbocycles. The molecule has 1 aromatic carbocycles. The van der Waals surface area contributed by atoms with E-state index in [0.717, 1.165) is 37.0 Å². The molecule has 1 amide bonds. The number of benzene rings is 1. The molecule has 8 heteroatoms. The summed E-state index contributed by atoms with van der Waals surface area (Å²) in [6.45, 7) is 8.69. The molecule has 3 heterocycles. The molecule has 5 rings (SSSR count). The third-order valence-corrected chi connectivity index (χ3v) is 6.70. The van der Waals surface area contributed by atoms with Crippen LogP contribution in [0.3, 0.4) is 0 Å². The molecule has 0 spiro atoms. The SMILES string of the molecule is COc1cccc(NC(=O)c2ccc3nnc(C4CN(CC5CC5)CCN4C(C)C)n3c2)c1. The first-order valence-corrected chi connectivity index (χ1v) is 11.8. The fourth-order valence-corrected chi connectivity index (χ4v) is 4.71. The lowest BCUT2D eigenvalue weighted by Gasteiger charge is -2.42. The van der Waals surface area contributed by atoms with E-state index in [9.17, 15) is 4.79 Å². The zero-order chi connectivity index (χ0) is 22.9. The maximum absolute atomic E-state index is 13.0. The Balaban J connectivity index is 1.42. The van der Waals surface area contributed by atoms with E-state index in [4.69, 9.17) is 4.74 Å². The van der Waals surface area contributed by atoms with Gasteiger partial charge in [0.15, 0.2) is 11.5 Å². The number of carbonyl (C=O) groups excluding carboxylic acids is 1. The van der Waals surface area contributed by atoms with Gasteiger partial charge in [-0.15, -0.1) is 10.2 Å². The number of aromatic nitrogens is 3. The molecule has 2 aliphatic rings. The highest BCUT2D eigenvalue weighted by Gasteiger charge is 2.35. The second kappa shape index (κ2) is 9.11. The van der Waals surface area contributed by atoms with Crippen molar-refractivity contribution in [2.45, 2.75) is 38.8 Å². The molecule has 174 valence electrons. The number of nitrogens with zero attached hydrogens (tertiary/aromatic N) is 5. The number of nitrogens with one attached hydrogen (secondary N) is 1. The zero-order valence-corrected chi connectivity index (χ0v) is 19.6. The third-order valence-electron chi connectivity index (χ3n) is 6.70. The summed E-state index contributed by atoms with van der Waals surface area (Å²) < 4.78 is 7.24. The monoisotopic (exact) mass is 448 g/mol. The molecule has 1 unspecified atom stereocenters. The van der Waals surface area contributed by atoms with Gasteiger partial charge in [-0.1, -0.05) is 6.07 Å². The molecule has 0 bridgehead atoms. The lowest BCUT2D eigenvalue weighted by molar-refractivity contribution is 0.0437. The molecule has 1 atom stereocenters. The maximum atomic E-state index is 13.0. The number of piperazine rings is 1. The number of fused-ring (bicyclic) bond motifs is 1. The van der Waals surface area contributed by atoms with E-state index in [-0.39, 0.29) is 11.9 Å². The molecular formula is C25H32N6O2. The first kappa shape index (κ1) is 21.9. The number of hydrogen-bond donors (Lipinski definition) is 1. The molecule has 2 fully saturated rings. The van der Waals surface area contributed by atoms with Crippen molar-refractivity contribution >= 4 is 17.2 Å². The Morgan fingerprint density at radius 3 is 2.79 bits per heavy atom. The van der Waals surface area contributed by atoms with Crippen LogP contribution in [0.2, 0.25) is 0 Å². The summed E-state index contributed by atoms with van der Waals surface area (Å²) in [5, 5.41) is 12.0. The van der Waals surface area contributed by atoms with E-state index in [2.05, 4.69) is 39.2 Å². The standard InChI is InChI=1S/C25H32N6O2/c1-17(2)30-12-11-29(14-18-7-8-18)16-22(30)24-28-27-23-10-9-19(15-31(23)24)25(32)26-20-5-4-6-21(13-20)33-3/h4-6,9-10,13,15,17-18,22H,7-8,11-12,14,16H2,1-3H3,(H,26,32). The number of rotatable bonds is 7. The van der Waals surface area contributed by atoms with E-state index in [1.807, 2.05) is 34.9 Å². The minimum absolute atomic E-state index is 0.143. The molecule has 8 nitrogen and oxygen atoms in total. The molecule has 33 heavy (non-hydrogen) atoms. The number of pyridine rings is 1. The summed E-state index contributed by atoms with van der Waals surface area (Å²) in [5.41, 5.74) is 2.01. The number of ether oxygens (including phenoxy) is 1. The quantitative estimate of drug-likeness (QED) is 0.597. The molecule has 1 N–H and O–H groups in total. The first-order valence-electron chi connectivity index (χ1n) is 11.8. The lowest BCUT2D eigenvalue weighted by Crippen LogP contribution is -2.51. The smallest absolute Gasteiger partial charge is 0.257 e. The van der Waals surface area contributed by atoms with Gasteiger partial charge in [-0.2, -0.15) is 0 Å². The van der Waals surface area contributed by atoms with E-state index in [1.165, 1.54) is 19.4 Å². The van der Waals surface area contributed by atoms with Crippen LogP contribution in [0.1, 0.15) is 48.9 Å². The summed E-state index contributed by atoms with van der Waals surface area (Å²) in [6.07, 6.45) is 4.57. The molecule has 1 saturated heterocycles. The fraction of sp³-hybridized carbons (Fsp3) is 0.480. The van der Waals surface area contributed by atoms with Gasteiger partial charge in [0.25, 0.3) is 5.91 Å². The maximum Gasteiger partial charge on any atom is 0.257 e. The van der Waals surface area contributed by atoms with Crippen LogP contribution in [0.25, 0.3) is 5.65 Å². The van der Waals surface area contributed by atoms with Crippen LogP contribution in [0.5, 0.6) is 5.75 Å². The Labute approximate surface area is 194 Å².